The van der Waals surface area contributed by atoms with Gasteiger partial charge in [0.1, 0.15) is 24.9 Å². The molecule has 0 radical (unpaired) electrons. The van der Waals surface area contributed by atoms with Gasteiger partial charge in [0, 0.05) is 42.0 Å². The van der Waals surface area contributed by atoms with Crippen LogP contribution in [0.15, 0.2) is 0 Å². The number of rotatable bonds is 6. The fraction of sp³-hybridized carbons (Fsp3) is 0.800. The van der Waals surface area contributed by atoms with E-state index in [1.807, 2.05) is 0 Å². The van der Waals surface area contributed by atoms with Crippen molar-refractivity contribution in [2.45, 2.75) is 51.4 Å². The van der Waals surface area contributed by atoms with Crippen molar-refractivity contribution in [3.05, 3.63) is 0 Å². The van der Waals surface area contributed by atoms with E-state index in [-0.39, 0.29) is 12.5 Å². The Hall–Kier alpha value is -1.71. The number of amides is 1. The molecule has 9 heteroatoms. The Kier molecular flexibility index (Phi) is 7.59. The molecule has 0 N–H and O–H groups in total. The Labute approximate surface area is 141 Å². The number of ether oxygens (including phenoxy) is 5. The number of likely N-dealkylation sites (N-methyl/N-ethyl adjacent to an activating group) is 1. The molecule has 0 aliphatic carbocycles. The molecule has 0 aromatic rings. The third-order valence-electron chi connectivity index (χ3n) is 3.82. The van der Waals surface area contributed by atoms with Gasteiger partial charge >= 0.3 is 11.9 Å². The number of hydrogen-bond donors (Lipinski definition) is 0. The summed E-state index contributed by atoms with van der Waals surface area (Å²) >= 11 is 0. The normalized spacial score (nSPS) is 29.7. The van der Waals surface area contributed by atoms with Gasteiger partial charge < -0.3 is 28.6 Å². The summed E-state index contributed by atoms with van der Waals surface area (Å²) in [7, 11) is 4.43. The number of hydrogen-bond acceptors (Lipinski definition) is 8. The van der Waals surface area contributed by atoms with Gasteiger partial charge in [0.05, 0.1) is 0 Å². The van der Waals surface area contributed by atoms with E-state index < -0.39 is 42.6 Å². The first-order chi connectivity index (χ1) is 11.2. The lowest BCUT2D eigenvalue weighted by Gasteiger charge is -2.47. The predicted molar refractivity (Wildman–Crippen MR) is 80.9 cm³/mol. The van der Waals surface area contributed by atoms with E-state index in [1.165, 1.54) is 39.9 Å². The summed E-state index contributed by atoms with van der Waals surface area (Å²) in [4.78, 5) is 35.7. The molecule has 1 aliphatic rings. The first-order valence-corrected chi connectivity index (χ1v) is 7.47. The van der Waals surface area contributed by atoms with E-state index in [2.05, 4.69) is 0 Å². The maximum absolute atomic E-state index is 11.8. The SMILES string of the molecule is COC1OC(COC(C)=O)C(OC(C)=O)C(OC)C1N(C)C(C)=O. The van der Waals surface area contributed by atoms with Crippen molar-refractivity contribution in [3.8, 4) is 0 Å². The maximum Gasteiger partial charge on any atom is 0.303 e. The quantitative estimate of drug-likeness (QED) is 0.605. The zero-order valence-electron chi connectivity index (χ0n) is 14.8. The van der Waals surface area contributed by atoms with Gasteiger partial charge in [-0.15, -0.1) is 0 Å². The minimum absolute atomic E-state index is 0.135. The van der Waals surface area contributed by atoms with Crippen LogP contribution in [0.25, 0.3) is 0 Å². The number of carbonyl (C=O) groups is 3. The molecule has 1 fully saturated rings. The molecule has 24 heavy (non-hydrogen) atoms. The van der Waals surface area contributed by atoms with Gasteiger partial charge in [-0.05, 0) is 0 Å². The fourth-order valence-electron chi connectivity index (χ4n) is 2.64. The van der Waals surface area contributed by atoms with E-state index >= 15 is 0 Å². The van der Waals surface area contributed by atoms with Crippen molar-refractivity contribution >= 4 is 17.8 Å². The zero-order valence-corrected chi connectivity index (χ0v) is 14.8. The average Bonchev–Trinajstić information content (AvgIpc) is 2.51. The van der Waals surface area contributed by atoms with E-state index in [0.29, 0.717) is 0 Å². The Morgan fingerprint density at radius 3 is 2.04 bits per heavy atom. The van der Waals surface area contributed by atoms with Gasteiger partial charge in [-0.2, -0.15) is 0 Å². The second-order valence-corrected chi connectivity index (χ2v) is 5.48. The Morgan fingerprint density at radius 2 is 1.62 bits per heavy atom. The molecule has 0 spiro atoms. The highest BCUT2D eigenvalue weighted by atomic mass is 16.7. The highest BCUT2D eigenvalue weighted by Gasteiger charge is 2.51. The van der Waals surface area contributed by atoms with Gasteiger partial charge in [-0.1, -0.05) is 0 Å². The fourth-order valence-corrected chi connectivity index (χ4v) is 2.64. The topological polar surface area (TPSA) is 101 Å². The molecule has 1 rings (SSSR count). The monoisotopic (exact) mass is 347 g/mol. The van der Waals surface area contributed by atoms with Gasteiger partial charge in [0.25, 0.3) is 0 Å². The molecule has 138 valence electrons. The highest BCUT2D eigenvalue weighted by molar-refractivity contribution is 5.73. The van der Waals surface area contributed by atoms with E-state index in [4.69, 9.17) is 23.7 Å². The molecular formula is C15H25NO8. The molecule has 1 saturated heterocycles. The molecule has 1 heterocycles. The summed E-state index contributed by atoms with van der Waals surface area (Å²) in [6.07, 6.45) is -3.22. The molecule has 1 amide bonds. The van der Waals surface area contributed by atoms with Crippen LogP contribution in [0.4, 0.5) is 0 Å². The van der Waals surface area contributed by atoms with Crippen molar-refractivity contribution in [1.29, 1.82) is 0 Å². The first-order valence-electron chi connectivity index (χ1n) is 7.47. The van der Waals surface area contributed by atoms with Gasteiger partial charge in [0.2, 0.25) is 5.91 Å². The van der Waals surface area contributed by atoms with E-state index in [1.54, 1.807) is 7.05 Å². The second-order valence-electron chi connectivity index (χ2n) is 5.48. The average molecular weight is 347 g/mol. The maximum atomic E-state index is 11.8. The van der Waals surface area contributed by atoms with Crippen molar-refractivity contribution in [3.63, 3.8) is 0 Å². The lowest BCUT2D eigenvalue weighted by Crippen LogP contribution is -2.66. The molecule has 5 atom stereocenters. The number of carbonyl (C=O) groups excluding carboxylic acids is 3. The van der Waals surface area contributed by atoms with Gasteiger partial charge in [-0.25, -0.2) is 0 Å². The van der Waals surface area contributed by atoms with Crippen molar-refractivity contribution < 1.29 is 38.1 Å². The molecule has 0 aromatic carbocycles. The van der Waals surface area contributed by atoms with Crippen LogP contribution in [0.5, 0.6) is 0 Å². The number of methoxy groups -OCH3 is 2. The minimum Gasteiger partial charge on any atom is -0.463 e. The first kappa shape index (κ1) is 20.3. The van der Waals surface area contributed by atoms with Gasteiger partial charge in [-0.3, -0.25) is 14.4 Å². The Morgan fingerprint density at radius 1 is 1.00 bits per heavy atom. The molecule has 0 aromatic heterocycles. The summed E-state index contributed by atoms with van der Waals surface area (Å²) in [5.41, 5.74) is 0. The third kappa shape index (κ3) is 4.89. The smallest absolute Gasteiger partial charge is 0.303 e. The summed E-state index contributed by atoms with van der Waals surface area (Å²) < 4.78 is 26.9. The van der Waals surface area contributed by atoms with E-state index in [9.17, 15) is 14.4 Å². The van der Waals surface area contributed by atoms with E-state index in [0.717, 1.165) is 0 Å². The van der Waals surface area contributed by atoms with Gasteiger partial charge in [0.15, 0.2) is 12.4 Å². The predicted octanol–water partition coefficient (Wildman–Crippen LogP) is -0.286. The second kappa shape index (κ2) is 8.95. The zero-order chi connectivity index (χ0) is 18.4. The Bertz CT molecular complexity index is 468. The summed E-state index contributed by atoms with van der Waals surface area (Å²) in [5, 5.41) is 0. The molecule has 9 nitrogen and oxygen atoms in total. The summed E-state index contributed by atoms with van der Waals surface area (Å²) in [6.45, 7) is 3.77. The molecule has 0 bridgehead atoms. The number of esters is 2. The van der Waals surface area contributed by atoms with Crippen LogP contribution in [0.1, 0.15) is 20.8 Å². The van der Waals surface area contributed by atoms with Crippen molar-refractivity contribution in [2.75, 3.05) is 27.9 Å². The highest BCUT2D eigenvalue weighted by Crippen LogP contribution is 2.29. The molecule has 0 saturated carbocycles. The Balaban J connectivity index is 3.14. The lowest BCUT2D eigenvalue weighted by atomic mass is 9.95. The third-order valence-corrected chi connectivity index (χ3v) is 3.82. The standard InChI is InChI=1S/C15H25NO8/c1-8(17)16(4)12-14(20-5)13(23-10(3)19)11(7-22-9(2)18)24-15(12)21-6/h11-15H,7H2,1-6H3. The molecule has 1 aliphatic heterocycles. The van der Waals surface area contributed by atoms with Crippen LogP contribution in [-0.2, 0) is 38.1 Å². The van der Waals surface area contributed by atoms with Crippen LogP contribution >= 0.6 is 0 Å². The van der Waals surface area contributed by atoms with Crippen molar-refractivity contribution in [1.82, 2.24) is 4.90 Å². The number of nitrogens with zero attached hydrogens (tertiary/aromatic N) is 1. The molecular weight excluding hydrogens is 322 g/mol. The van der Waals surface area contributed by atoms with Crippen LogP contribution in [-0.4, -0.2) is 81.3 Å². The van der Waals surface area contributed by atoms with Crippen LogP contribution in [0, 0.1) is 0 Å². The summed E-state index contributed by atoms with van der Waals surface area (Å²) in [5.74, 6) is -1.27. The van der Waals surface area contributed by atoms with Crippen molar-refractivity contribution in [2.24, 2.45) is 0 Å². The summed E-state index contributed by atoms with van der Waals surface area (Å²) in [6, 6.07) is -0.643. The lowest BCUT2D eigenvalue weighted by molar-refractivity contribution is -0.284. The van der Waals surface area contributed by atoms with Crippen LogP contribution in [0.2, 0.25) is 0 Å². The van der Waals surface area contributed by atoms with Crippen LogP contribution in [0.3, 0.4) is 0 Å². The minimum atomic E-state index is -0.870. The molecule has 5 unspecified atom stereocenters. The largest absolute Gasteiger partial charge is 0.463 e. The van der Waals surface area contributed by atoms with Crippen LogP contribution < -0.4 is 0 Å².